The molecule has 1 saturated heterocycles. The molecular formula is C19H23N3O2S. The maximum atomic E-state index is 12.4. The molecule has 1 fully saturated rings. The third-order valence-electron chi connectivity index (χ3n) is 4.72. The van der Waals surface area contributed by atoms with E-state index in [-0.39, 0.29) is 17.7 Å². The Morgan fingerprint density at radius 1 is 1.20 bits per heavy atom. The van der Waals surface area contributed by atoms with Gasteiger partial charge in [-0.15, -0.1) is 11.3 Å². The molecule has 5 nitrogen and oxygen atoms in total. The summed E-state index contributed by atoms with van der Waals surface area (Å²) < 4.78 is 0. The second-order valence-corrected chi connectivity index (χ2v) is 7.21. The van der Waals surface area contributed by atoms with Crippen molar-refractivity contribution >= 4 is 34.5 Å². The van der Waals surface area contributed by atoms with Crippen LogP contribution in [0.2, 0.25) is 0 Å². The van der Waals surface area contributed by atoms with Gasteiger partial charge in [0.1, 0.15) is 0 Å². The molecule has 0 unspecified atom stereocenters. The van der Waals surface area contributed by atoms with Crippen LogP contribution in [0, 0.1) is 5.92 Å². The van der Waals surface area contributed by atoms with Crippen LogP contribution in [-0.2, 0) is 11.2 Å². The summed E-state index contributed by atoms with van der Waals surface area (Å²) in [4.78, 5) is 26.7. The lowest BCUT2D eigenvalue weighted by Gasteiger charge is -2.32. The topological polar surface area (TPSA) is 75.4 Å². The van der Waals surface area contributed by atoms with Gasteiger partial charge in [0.25, 0.3) is 5.91 Å². The lowest BCUT2D eigenvalue weighted by atomic mass is 9.96. The molecule has 0 radical (unpaired) electrons. The average Bonchev–Trinajstić information content (AvgIpc) is 3.11. The second-order valence-electron chi connectivity index (χ2n) is 6.29. The molecule has 2 amide bonds. The normalized spacial score (nSPS) is 15.2. The highest BCUT2D eigenvalue weighted by atomic mass is 32.1. The minimum absolute atomic E-state index is 0.00614. The van der Waals surface area contributed by atoms with E-state index < -0.39 is 0 Å². The first-order valence-corrected chi connectivity index (χ1v) is 9.48. The first-order valence-electron chi connectivity index (χ1n) is 8.60. The Hall–Kier alpha value is -2.34. The highest BCUT2D eigenvalue weighted by molar-refractivity contribution is 7.12. The Balaban J connectivity index is 1.61. The molecule has 1 aromatic heterocycles. The van der Waals surface area contributed by atoms with Crippen molar-refractivity contribution in [2.24, 2.45) is 11.7 Å². The number of nitrogens with one attached hydrogen (secondary N) is 1. The molecule has 3 N–H and O–H groups in total. The van der Waals surface area contributed by atoms with Crippen LogP contribution in [0.15, 0.2) is 35.7 Å². The Morgan fingerprint density at radius 3 is 2.48 bits per heavy atom. The van der Waals surface area contributed by atoms with Gasteiger partial charge in [-0.3, -0.25) is 9.59 Å². The fraction of sp³-hybridized carbons (Fsp3) is 0.368. The van der Waals surface area contributed by atoms with Crippen LogP contribution < -0.4 is 16.0 Å². The van der Waals surface area contributed by atoms with Gasteiger partial charge in [-0.25, -0.2) is 0 Å². The molecule has 1 aliphatic heterocycles. The van der Waals surface area contributed by atoms with Crippen molar-refractivity contribution in [3.8, 4) is 0 Å². The van der Waals surface area contributed by atoms with Gasteiger partial charge in [0, 0.05) is 30.4 Å². The van der Waals surface area contributed by atoms with Crippen LogP contribution >= 0.6 is 11.3 Å². The molecule has 0 aliphatic carbocycles. The monoisotopic (exact) mass is 357 g/mol. The predicted molar refractivity (Wildman–Crippen MR) is 102 cm³/mol. The van der Waals surface area contributed by atoms with Gasteiger partial charge in [-0.05, 0) is 60.5 Å². The van der Waals surface area contributed by atoms with Crippen LogP contribution in [0.3, 0.4) is 0 Å². The number of carbonyl (C=O) groups is 2. The zero-order chi connectivity index (χ0) is 17.8. The van der Waals surface area contributed by atoms with Gasteiger partial charge in [0.2, 0.25) is 5.91 Å². The number of hydrogen-bond acceptors (Lipinski definition) is 4. The lowest BCUT2D eigenvalue weighted by Crippen LogP contribution is -2.38. The quantitative estimate of drug-likeness (QED) is 0.862. The van der Waals surface area contributed by atoms with Gasteiger partial charge in [0.15, 0.2) is 0 Å². The molecule has 2 heterocycles. The first kappa shape index (κ1) is 17.5. The number of thiophene rings is 1. The Labute approximate surface area is 151 Å². The number of nitrogens with two attached hydrogens (primary N) is 1. The Bertz CT molecular complexity index is 746. The number of piperidine rings is 1. The summed E-state index contributed by atoms with van der Waals surface area (Å²) in [5.41, 5.74) is 8.35. The third-order valence-corrected chi connectivity index (χ3v) is 5.68. The minimum Gasteiger partial charge on any atom is -0.371 e. The fourth-order valence-corrected chi connectivity index (χ4v) is 4.07. The van der Waals surface area contributed by atoms with Crippen LogP contribution in [0.1, 0.15) is 35.0 Å². The SMILES string of the molecule is CCc1ccsc1C(=O)Nc1ccc(N2CCC(C(N)=O)CC2)cc1. The summed E-state index contributed by atoms with van der Waals surface area (Å²) in [6.07, 6.45) is 2.45. The van der Waals surface area contributed by atoms with E-state index in [1.165, 1.54) is 11.3 Å². The molecule has 2 aromatic rings. The molecule has 0 atom stereocenters. The van der Waals surface area contributed by atoms with Crippen LogP contribution in [0.4, 0.5) is 11.4 Å². The Kier molecular flexibility index (Phi) is 5.38. The molecule has 0 saturated carbocycles. The molecule has 132 valence electrons. The maximum absolute atomic E-state index is 12.4. The van der Waals surface area contributed by atoms with Crippen molar-refractivity contribution in [3.63, 3.8) is 0 Å². The standard InChI is InChI=1S/C19H23N3O2S/c1-2-13-9-12-25-17(13)19(24)21-15-3-5-16(6-4-15)22-10-7-14(8-11-22)18(20)23/h3-6,9,12,14H,2,7-8,10-11H2,1H3,(H2,20,23)(H,21,24). The van der Waals surface area contributed by atoms with E-state index in [0.29, 0.717) is 0 Å². The molecule has 6 heteroatoms. The molecule has 3 rings (SSSR count). The van der Waals surface area contributed by atoms with Crippen molar-refractivity contribution < 1.29 is 9.59 Å². The second kappa shape index (κ2) is 7.70. The first-order chi connectivity index (χ1) is 12.1. The number of nitrogens with zero attached hydrogens (tertiary/aromatic N) is 1. The van der Waals surface area contributed by atoms with Gasteiger partial charge >= 0.3 is 0 Å². The molecule has 0 bridgehead atoms. The predicted octanol–water partition coefficient (Wildman–Crippen LogP) is 3.26. The summed E-state index contributed by atoms with van der Waals surface area (Å²) in [6.45, 7) is 3.71. The highest BCUT2D eigenvalue weighted by Gasteiger charge is 2.23. The summed E-state index contributed by atoms with van der Waals surface area (Å²) >= 11 is 1.47. The number of anilines is 2. The van der Waals surface area contributed by atoms with Gasteiger partial charge in [-0.2, -0.15) is 0 Å². The van der Waals surface area contributed by atoms with E-state index in [1.54, 1.807) is 0 Å². The summed E-state index contributed by atoms with van der Waals surface area (Å²) in [6, 6.07) is 9.86. The molecule has 1 aliphatic rings. The van der Waals surface area contributed by atoms with Gasteiger partial charge < -0.3 is 16.0 Å². The number of rotatable bonds is 5. The maximum Gasteiger partial charge on any atom is 0.266 e. The summed E-state index contributed by atoms with van der Waals surface area (Å²) in [7, 11) is 0. The summed E-state index contributed by atoms with van der Waals surface area (Å²) in [5.74, 6) is -0.257. The number of benzene rings is 1. The van der Waals surface area contributed by atoms with Crippen molar-refractivity contribution in [3.05, 3.63) is 46.2 Å². The molecule has 0 spiro atoms. The molecule has 25 heavy (non-hydrogen) atoms. The number of hydrogen-bond donors (Lipinski definition) is 2. The van der Waals surface area contributed by atoms with Gasteiger partial charge in [-0.1, -0.05) is 6.92 Å². The number of aryl methyl sites for hydroxylation is 1. The number of primary amides is 1. The van der Waals surface area contributed by atoms with E-state index in [0.717, 1.165) is 54.2 Å². The van der Waals surface area contributed by atoms with Crippen LogP contribution in [0.5, 0.6) is 0 Å². The van der Waals surface area contributed by atoms with Crippen LogP contribution in [0.25, 0.3) is 0 Å². The van der Waals surface area contributed by atoms with E-state index in [9.17, 15) is 9.59 Å². The van der Waals surface area contributed by atoms with Crippen molar-refractivity contribution in [1.82, 2.24) is 0 Å². The van der Waals surface area contributed by atoms with E-state index in [1.807, 2.05) is 35.7 Å². The van der Waals surface area contributed by atoms with E-state index in [2.05, 4.69) is 17.1 Å². The van der Waals surface area contributed by atoms with Crippen molar-refractivity contribution in [2.75, 3.05) is 23.3 Å². The smallest absolute Gasteiger partial charge is 0.266 e. The lowest BCUT2D eigenvalue weighted by molar-refractivity contribution is -0.122. The van der Waals surface area contributed by atoms with Crippen LogP contribution in [-0.4, -0.2) is 24.9 Å². The fourth-order valence-electron chi connectivity index (χ4n) is 3.18. The van der Waals surface area contributed by atoms with Crippen molar-refractivity contribution in [1.29, 1.82) is 0 Å². The van der Waals surface area contributed by atoms with E-state index in [4.69, 9.17) is 5.73 Å². The summed E-state index contributed by atoms with van der Waals surface area (Å²) in [5, 5.41) is 4.91. The minimum atomic E-state index is -0.197. The number of carbonyl (C=O) groups excluding carboxylic acids is 2. The zero-order valence-electron chi connectivity index (χ0n) is 14.3. The highest BCUT2D eigenvalue weighted by Crippen LogP contribution is 2.25. The largest absolute Gasteiger partial charge is 0.371 e. The molecule has 1 aromatic carbocycles. The van der Waals surface area contributed by atoms with E-state index >= 15 is 0 Å². The molecular weight excluding hydrogens is 334 g/mol. The Morgan fingerprint density at radius 2 is 1.88 bits per heavy atom. The number of amides is 2. The average molecular weight is 357 g/mol. The van der Waals surface area contributed by atoms with Crippen molar-refractivity contribution in [2.45, 2.75) is 26.2 Å². The van der Waals surface area contributed by atoms with Gasteiger partial charge in [0.05, 0.1) is 4.88 Å². The third kappa shape index (κ3) is 4.02. The zero-order valence-corrected chi connectivity index (χ0v) is 15.1.